The number of hydrogen-bond donors (Lipinski definition) is 2. The largest absolute Gasteiger partial charge is 0.469 e. The van der Waals surface area contributed by atoms with Gasteiger partial charge in [0, 0.05) is 19.2 Å². The molecule has 0 aromatic rings. The predicted octanol–water partition coefficient (Wildman–Crippen LogP) is 1.33. The van der Waals surface area contributed by atoms with Gasteiger partial charge >= 0.3 is 5.97 Å². The molecule has 0 bridgehead atoms. The van der Waals surface area contributed by atoms with E-state index in [1.165, 1.54) is 20.0 Å². The third kappa shape index (κ3) is 3.96. The van der Waals surface area contributed by atoms with Crippen molar-refractivity contribution in [2.75, 3.05) is 20.3 Å². The maximum Gasteiger partial charge on any atom is 0.312 e. The van der Waals surface area contributed by atoms with E-state index >= 15 is 0 Å². The summed E-state index contributed by atoms with van der Waals surface area (Å²) in [4.78, 5) is 11.5. The fraction of sp³-hybridized carbons (Fsp3) is 0.923. The molecule has 1 rings (SSSR count). The van der Waals surface area contributed by atoms with Crippen molar-refractivity contribution >= 4 is 5.97 Å². The second kappa shape index (κ2) is 6.36. The Labute approximate surface area is 104 Å². The molecule has 4 heteroatoms. The van der Waals surface area contributed by atoms with Crippen LogP contribution >= 0.6 is 0 Å². The van der Waals surface area contributed by atoms with Crippen molar-refractivity contribution in [2.45, 2.75) is 45.6 Å². The first-order valence-corrected chi connectivity index (χ1v) is 6.44. The summed E-state index contributed by atoms with van der Waals surface area (Å²) in [6.07, 6.45) is 4.56. The molecule has 2 N–H and O–H groups in total. The Morgan fingerprint density at radius 3 is 2.65 bits per heavy atom. The summed E-state index contributed by atoms with van der Waals surface area (Å²) < 4.78 is 4.78. The monoisotopic (exact) mass is 243 g/mol. The van der Waals surface area contributed by atoms with Gasteiger partial charge in [0.1, 0.15) is 0 Å². The number of methoxy groups -OCH3 is 1. The smallest absolute Gasteiger partial charge is 0.312 e. The van der Waals surface area contributed by atoms with Crippen molar-refractivity contribution in [1.82, 2.24) is 5.32 Å². The third-order valence-corrected chi connectivity index (χ3v) is 3.69. The van der Waals surface area contributed by atoms with Gasteiger partial charge in [-0.3, -0.25) is 4.79 Å². The molecule has 17 heavy (non-hydrogen) atoms. The minimum atomic E-state index is -0.508. The molecule has 2 atom stereocenters. The predicted molar refractivity (Wildman–Crippen MR) is 66.6 cm³/mol. The van der Waals surface area contributed by atoms with E-state index in [1.54, 1.807) is 0 Å². The first-order valence-electron chi connectivity index (χ1n) is 6.44. The molecular formula is C13H25NO3. The van der Waals surface area contributed by atoms with Gasteiger partial charge in [-0.05, 0) is 32.6 Å². The van der Waals surface area contributed by atoms with Crippen molar-refractivity contribution in [1.29, 1.82) is 0 Å². The lowest BCUT2D eigenvalue weighted by molar-refractivity contribution is -0.150. The van der Waals surface area contributed by atoms with Crippen LogP contribution in [0.15, 0.2) is 0 Å². The molecule has 0 amide bonds. The van der Waals surface area contributed by atoms with Crippen LogP contribution in [0, 0.1) is 11.3 Å². The van der Waals surface area contributed by atoms with Crippen LogP contribution < -0.4 is 5.32 Å². The Kier molecular flexibility index (Phi) is 5.40. The summed E-state index contributed by atoms with van der Waals surface area (Å²) in [5, 5.41) is 12.7. The number of nitrogens with one attached hydrogen (secondary N) is 1. The SMILES string of the molecule is COC(=O)C(C)(C)CNC1CCCCC1CO. The summed E-state index contributed by atoms with van der Waals surface area (Å²) >= 11 is 0. The number of aliphatic hydroxyl groups is 1. The number of ether oxygens (including phenoxy) is 1. The van der Waals surface area contributed by atoms with Crippen molar-refractivity contribution in [3.05, 3.63) is 0 Å². The summed E-state index contributed by atoms with van der Waals surface area (Å²) in [5.74, 6) is 0.138. The van der Waals surface area contributed by atoms with Gasteiger partial charge in [-0.2, -0.15) is 0 Å². The number of carbonyl (C=O) groups is 1. The maximum absolute atomic E-state index is 11.5. The Bertz CT molecular complexity index is 253. The van der Waals surface area contributed by atoms with Crippen molar-refractivity contribution < 1.29 is 14.6 Å². The molecule has 0 saturated heterocycles. The Hall–Kier alpha value is -0.610. The fourth-order valence-electron chi connectivity index (χ4n) is 2.43. The Morgan fingerprint density at radius 1 is 1.41 bits per heavy atom. The first kappa shape index (κ1) is 14.5. The zero-order valence-electron chi connectivity index (χ0n) is 11.2. The Balaban J connectivity index is 2.45. The van der Waals surface area contributed by atoms with Crippen molar-refractivity contribution in [2.24, 2.45) is 11.3 Å². The third-order valence-electron chi connectivity index (χ3n) is 3.69. The van der Waals surface area contributed by atoms with Crippen LogP contribution in [0.5, 0.6) is 0 Å². The van der Waals surface area contributed by atoms with Crippen LogP contribution in [0.25, 0.3) is 0 Å². The summed E-state index contributed by atoms with van der Waals surface area (Å²) in [7, 11) is 1.42. The van der Waals surface area contributed by atoms with Crippen LogP contribution in [0.4, 0.5) is 0 Å². The molecule has 0 aromatic heterocycles. The lowest BCUT2D eigenvalue weighted by Crippen LogP contribution is -2.46. The van der Waals surface area contributed by atoms with Gasteiger partial charge in [-0.15, -0.1) is 0 Å². The average molecular weight is 243 g/mol. The van der Waals surface area contributed by atoms with Crippen LogP contribution in [-0.4, -0.2) is 37.4 Å². The normalized spacial score (nSPS) is 25.6. The highest BCUT2D eigenvalue weighted by atomic mass is 16.5. The summed E-state index contributed by atoms with van der Waals surface area (Å²) in [6, 6.07) is 0.331. The summed E-state index contributed by atoms with van der Waals surface area (Å²) in [5.41, 5.74) is -0.508. The quantitative estimate of drug-likeness (QED) is 0.715. The molecule has 0 heterocycles. The molecule has 0 radical (unpaired) electrons. The van der Waals surface area contributed by atoms with Crippen molar-refractivity contribution in [3.8, 4) is 0 Å². The average Bonchev–Trinajstić information content (AvgIpc) is 2.35. The molecule has 0 spiro atoms. The standard InChI is InChI=1S/C13H25NO3/c1-13(2,12(16)17-3)9-14-11-7-5-4-6-10(11)8-15/h10-11,14-15H,4-9H2,1-3H3. The van der Waals surface area contributed by atoms with E-state index < -0.39 is 5.41 Å². The molecule has 1 aliphatic rings. The van der Waals surface area contributed by atoms with E-state index in [4.69, 9.17) is 4.74 Å². The molecule has 0 aliphatic heterocycles. The molecule has 1 saturated carbocycles. The van der Waals surface area contributed by atoms with Crippen LogP contribution in [0.2, 0.25) is 0 Å². The first-order chi connectivity index (χ1) is 8.01. The van der Waals surface area contributed by atoms with Gasteiger partial charge in [0.25, 0.3) is 0 Å². The minimum Gasteiger partial charge on any atom is -0.469 e. The highest BCUT2D eigenvalue weighted by Crippen LogP contribution is 2.25. The molecule has 1 aliphatic carbocycles. The Morgan fingerprint density at radius 2 is 2.06 bits per heavy atom. The number of rotatable bonds is 5. The zero-order valence-corrected chi connectivity index (χ0v) is 11.2. The van der Waals surface area contributed by atoms with E-state index in [2.05, 4.69) is 5.32 Å². The van der Waals surface area contributed by atoms with E-state index in [1.807, 2.05) is 13.8 Å². The molecule has 2 unspecified atom stereocenters. The van der Waals surface area contributed by atoms with E-state index in [0.717, 1.165) is 12.8 Å². The summed E-state index contributed by atoms with van der Waals surface area (Å²) in [6.45, 7) is 4.59. The minimum absolute atomic E-state index is 0.193. The van der Waals surface area contributed by atoms with Gasteiger partial charge < -0.3 is 15.2 Å². The van der Waals surface area contributed by atoms with Crippen LogP contribution in [0.1, 0.15) is 39.5 Å². The topological polar surface area (TPSA) is 58.6 Å². The lowest BCUT2D eigenvalue weighted by Gasteiger charge is -2.33. The van der Waals surface area contributed by atoms with Gasteiger partial charge in [0.05, 0.1) is 12.5 Å². The molecule has 4 nitrogen and oxygen atoms in total. The molecule has 100 valence electrons. The maximum atomic E-state index is 11.5. The van der Waals surface area contributed by atoms with Gasteiger partial charge in [-0.1, -0.05) is 12.8 Å². The fourth-order valence-corrected chi connectivity index (χ4v) is 2.43. The van der Waals surface area contributed by atoms with Crippen molar-refractivity contribution in [3.63, 3.8) is 0 Å². The highest BCUT2D eigenvalue weighted by Gasteiger charge is 2.31. The lowest BCUT2D eigenvalue weighted by atomic mass is 9.84. The molecule has 1 fully saturated rings. The highest BCUT2D eigenvalue weighted by molar-refractivity contribution is 5.76. The molecule has 0 aromatic carbocycles. The zero-order chi connectivity index (χ0) is 12.9. The second-order valence-electron chi connectivity index (χ2n) is 5.59. The molecular weight excluding hydrogens is 218 g/mol. The number of aliphatic hydroxyl groups excluding tert-OH is 1. The number of carbonyl (C=O) groups excluding carboxylic acids is 1. The van der Waals surface area contributed by atoms with Crippen LogP contribution in [0.3, 0.4) is 0 Å². The second-order valence-corrected chi connectivity index (χ2v) is 5.59. The van der Waals surface area contributed by atoms with Gasteiger partial charge in [-0.25, -0.2) is 0 Å². The van der Waals surface area contributed by atoms with E-state index in [0.29, 0.717) is 18.5 Å². The van der Waals surface area contributed by atoms with Crippen LogP contribution in [-0.2, 0) is 9.53 Å². The van der Waals surface area contributed by atoms with E-state index in [-0.39, 0.29) is 12.6 Å². The van der Waals surface area contributed by atoms with Gasteiger partial charge in [0.15, 0.2) is 0 Å². The van der Waals surface area contributed by atoms with E-state index in [9.17, 15) is 9.90 Å². The van der Waals surface area contributed by atoms with Gasteiger partial charge in [0.2, 0.25) is 0 Å². The number of esters is 1. The number of hydrogen-bond acceptors (Lipinski definition) is 4.